The number of carbonyl (C=O) groups is 1. The number of esters is 1. The van der Waals surface area contributed by atoms with Crippen molar-refractivity contribution in [3.8, 4) is 0 Å². The van der Waals surface area contributed by atoms with E-state index in [0.29, 0.717) is 0 Å². The van der Waals surface area contributed by atoms with Crippen molar-refractivity contribution >= 4 is 5.97 Å². The van der Waals surface area contributed by atoms with Gasteiger partial charge in [-0.2, -0.15) is 26.3 Å². The van der Waals surface area contributed by atoms with Crippen LogP contribution in [0.15, 0.2) is 12.2 Å². The highest BCUT2D eigenvalue weighted by Crippen LogP contribution is 2.51. The summed E-state index contributed by atoms with van der Waals surface area (Å²) in [6.45, 7) is 4.70. The molecule has 1 fully saturated rings. The number of rotatable bonds is 3. The lowest BCUT2D eigenvalue weighted by Gasteiger charge is -2.41. The average molecular weight is 350 g/mol. The first-order valence-corrected chi connectivity index (χ1v) is 6.53. The molecule has 9 heteroatoms. The van der Waals surface area contributed by atoms with Gasteiger partial charge in [0, 0.05) is 11.5 Å². The van der Waals surface area contributed by atoms with Gasteiger partial charge < -0.3 is 9.84 Å². The average Bonchev–Trinajstić information content (AvgIpc) is 2.35. The summed E-state index contributed by atoms with van der Waals surface area (Å²) in [6.07, 6.45) is -13.9. The third kappa shape index (κ3) is 4.39. The summed E-state index contributed by atoms with van der Waals surface area (Å²) in [7, 11) is 0. The van der Waals surface area contributed by atoms with Gasteiger partial charge in [0.25, 0.3) is 5.60 Å². The Kier molecular flexibility index (Phi) is 6.72. The molecule has 1 aliphatic rings. The Morgan fingerprint density at radius 1 is 1.04 bits per heavy atom. The second kappa shape index (κ2) is 7.11. The van der Waals surface area contributed by atoms with Crippen LogP contribution < -0.4 is 0 Å². The van der Waals surface area contributed by atoms with Crippen LogP contribution in [-0.4, -0.2) is 35.1 Å². The van der Waals surface area contributed by atoms with Gasteiger partial charge in [0.1, 0.15) is 6.10 Å². The monoisotopic (exact) mass is 350 g/mol. The molecule has 0 atom stereocenters. The van der Waals surface area contributed by atoms with Crippen LogP contribution in [0.5, 0.6) is 0 Å². The first kappa shape index (κ1) is 21.8. The molecule has 0 unspecified atom stereocenters. The van der Waals surface area contributed by atoms with E-state index in [4.69, 9.17) is 4.74 Å². The first-order chi connectivity index (χ1) is 9.80. The molecule has 0 saturated heterocycles. The fourth-order valence-corrected chi connectivity index (χ4v) is 2.47. The zero-order valence-electron chi connectivity index (χ0n) is 11.7. The number of carbonyl (C=O) groups excluding carboxylic acids is 1. The summed E-state index contributed by atoms with van der Waals surface area (Å²) in [5, 5.41) is 9.29. The van der Waals surface area contributed by atoms with E-state index in [2.05, 4.69) is 6.58 Å². The molecule has 23 heavy (non-hydrogen) atoms. The van der Waals surface area contributed by atoms with Gasteiger partial charge >= 0.3 is 18.3 Å². The van der Waals surface area contributed by atoms with Gasteiger partial charge in [-0.3, -0.25) is 0 Å². The number of hydrogen-bond acceptors (Lipinski definition) is 3. The number of ether oxygens (including phenoxy) is 1. The molecule has 0 amide bonds. The van der Waals surface area contributed by atoms with Crippen molar-refractivity contribution < 1.29 is 41.0 Å². The molecule has 0 bridgehead atoms. The van der Waals surface area contributed by atoms with Crippen LogP contribution >= 0.6 is 0 Å². The van der Waals surface area contributed by atoms with Gasteiger partial charge in [-0.15, -0.1) is 0 Å². The molecule has 136 valence electrons. The molecule has 0 aliphatic heterocycles. The second-order valence-electron chi connectivity index (χ2n) is 5.42. The number of hydrogen-bond donors (Lipinski definition) is 1. The molecule has 0 aromatic carbocycles. The third-order valence-electron chi connectivity index (χ3n) is 3.75. The minimum atomic E-state index is -5.82. The van der Waals surface area contributed by atoms with Crippen LogP contribution in [0.3, 0.4) is 0 Å². The van der Waals surface area contributed by atoms with Crippen molar-refractivity contribution in [1.29, 1.82) is 0 Å². The Labute approximate surface area is 130 Å². The van der Waals surface area contributed by atoms with Crippen molar-refractivity contribution in [2.24, 2.45) is 5.92 Å². The maximum absolute atomic E-state index is 12.7. The molecular weight excluding hydrogens is 330 g/mol. The van der Waals surface area contributed by atoms with Crippen molar-refractivity contribution in [3.05, 3.63) is 12.2 Å². The SMILES string of the molecule is C.C=C(C)C(=O)OC1CCC(C(O)(C(F)(F)F)C(F)(F)F)CC1. The molecule has 0 aromatic heterocycles. The summed E-state index contributed by atoms with van der Waals surface area (Å²) in [4.78, 5) is 11.3. The minimum absolute atomic E-state index is 0. The van der Waals surface area contributed by atoms with E-state index in [9.17, 15) is 36.2 Å². The lowest BCUT2D eigenvalue weighted by Crippen LogP contribution is -2.62. The van der Waals surface area contributed by atoms with Crippen LogP contribution in [0.4, 0.5) is 26.3 Å². The van der Waals surface area contributed by atoms with Gasteiger partial charge in [0.05, 0.1) is 0 Å². The Morgan fingerprint density at radius 2 is 1.43 bits per heavy atom. The van der Waals surface area contributed by atoms with E-state index in [1.807, 2.05) is 0 Å². The summed E-state index contributed by atoms with van der Waals surface area (Å²) in [6, 6.07) is 0. The molecule has 1 saturated carbocycles. The predicted molar refractivity (Wildman–Crippen MR) is 70.4 cm³/mol. The van der Waals surface area contributed by atoms with Gasteiger partial charge in [-0.25, -0.2) is 4.79 Å². The fraction of sp³-hybridized carbons (Fsp3) is 0.786. The quantitative estimate of drug-likeness (QED) is 0.472. The van der Waals surface area contributed by atoms with Gasteiger partial charge in [-0.1, -0.05) is 14.0 Å². The summed E-state index contributed by atoms with van der Waals surface area (Å²) >= 11 is 0. The van der Waals surface area contributed by atoms with Gasteiger partial charge in [0.2, 0.25) is 0 Å². The second-order valence-corrected chi connectivity index (χ2v) is 5.42. The van der Waals surface area contributed by atoms with Crippen LogP contribution in [0.25, 0.3) is 0 Å². The maximum atomic E-state index is 12.7. The molecule has 0 spiro atoms. The largest absolute Gasteiger partial charge is 0.459 e. The summed E-state index contributed by atoms with van der Waals surface area (Å²) < 4.78 is 81.3. The molecule has 0 aromatic rings. The third-order valence-corrected chi connectivity index (χ3v) is 3.75. The molecular formula is C14H20F6O3. The topological polar surface area (TPSA) is 46.5 Å². The maximum Gasteiger partial charge on any atom is 0.426 e. The van der Waals surface area contributed by atoms with Crippen molar-refractivity contribution in [2.75, 3.05) is 0 Å². The van der Waals surface area contributed by atoms with Crippen molar-refractivity contribution in [1.82, 2.24) is 0 Å². The number of alkyl halides is 6. The van der Waals surface area contributed by atoms with E-state index >= 15 is 0 Å². The molecule has 1 aliphatic carbocycles. The smallest absolute Gasteiger partial charge is 0.426 e. The summed E-state index contributed by atoms with van der Waals surface area (Å²) in [5.41, 5.74) is -4.66. The minimum Gasteiger partial charge on any atom is -0.459 e. The summed E-state index contributed by atoms with van der Waals surface area (Å²) in [5.74, 6) is -2.77. The lowest BCUT2D eigenvalue weighted by atomic mass is 9.75. The number of halogens is 6. The number of aliphatic hydroxyl groups is 1. The van der Waals surface area contributed by atoms with E-state index < -0.39 is 48.8 Å². The van der Waals surface area contributed by atoms with Crippen LogP contribution in [0.1, 0.15) is 40.0 Å². The Balaban J connectivity index is 0.00000484. The van der Waals surface area contributed by atoms with E-state index in [0.717, 1.165) is 0 Å². The molecule has 1 rings (SSSR count). The van der Waals surface area contributed by atoms with E-state index in [1.165, 1.54) is 6.92 Å². The highest BCUT2D eigenvalue weighted by atomic mass is 19.4. The van der Waals surface area contributed by atoms with Gasteiger partial charge in [0.15, 0.2) is 0 Å². The fourth-order valence-electron chi connectivity index (χ4n) is 2.47. The van der Waals surface area contributed by atoms with Gasteiger partial charge in [-0.05, 0) is 32.6 Å². The molecule has 0 heterocycles. The predicted octanol–water partition coefficient (Wildman–Crippen LogP) is 4.16. The van der Waals surface area contributed by atoms with Crippen LogP contribution in [0, 0.1) is 5.92 Å². The molecule has 1 N–H and O–H groups in total. The Bertz CT molecular complexity index is 419. The zero-order valence-corrected chi connectivity index (χ0v) is 11.7. The van der Waals surface area contributed by atoms with Crippen LogP contribution in [0.2, 0.25) is 0 Å². The lowest BCUT2D eigenvalue weighted by molar-refractivity contribution is -0.387. The Hall–Kier alpha value is -1.25. The highest BCUT2D eigenvalue weighted by molar-refractivity contribution is 5.87. The normalized spacial score (nSPS) is 23.0. The van der Waals surface area contributed by atoms with E-state index in [1.54, 1.807) is 0 Å². The van der Waals surface area contributed by atoms with Crippen molar-refractivity contribution in [3.63, 3.8) is 0 Å². The van der Waals surface area contributed by atoms with Crippen LogP contribution in [-0.2, 0) is 9.53 Å². The van der Waals surface area contributed by atoms with E-state index in [-0.39, 0.29) is 25.8 Å². The first-order valence-electron chi connectivity index (χ1n) is 6.53. The highest BCUT2D eigenvalue weighted by Gasteiger charge is 2.73. The zero-order chi connectivity index (χ0) is 17.3. The molecule has 0 radical (unpaired) electrons. The Morgan fingerprint density at radius 3 is 1.74 bits per heavy atom. The standard InChI is InChI=1S/C13H16F6O3.CH4/c1-7(2)10(20)22-9-5-3-8(4-6-9)11(21,12(14,15)16)13(17,18)19;/h8-9,21H,1,3-6H2,2H3;1H4. The van der Waals surface area contributed by atoms with Crippen molar-refractivity contribution in [2.45, 2.75) is 64.1 Å². The molecule has 3 nitrogen and oxygen atoms in total.